The van der Waals surface area contributed by atoms with Gasteiger partial charge in [-0.15, -0.1) is 0 Å². The number of benzene rings is 3. The van der Waals surface area contributed by atoms with Crippen LogP contribution in [-0.2, 0) is 20.9 Å². The highest BCUT2D eigenvalue weighted by atomic mass is 16.5. The van der Waals surface area contributed by atoms with Gasteiger partial charge in [0.1, 0.15) is 17.5 Å². The number of rotatable bonds is 9. The maximum Gasteiger partial charge on any atom is 0.337 e. The highest BCUT2D eigenvalue weighted by Crippen LogP contribution is 2.30. The van der Waals surface area contributed by atoms with Crippen LogP contribution in [0.25, 0.3) is 0 Å². The van der Waals surface area contributed by atoms with E-state index in [-0.39, 0.29) is 13.0 Å². The molecule has 1 saturated heterocycles. The van der Waals surface area contributed by atoms with Crippen molar-refractivity contribution < 1.29 is 33.4 Å². The molecule has 10 heteroatoms. The van der Waals surface area contributed by atoms with Crippen LogP contribution < -0.4 is 19.7 Å². The summed E-state index contributed by atoms with van der Waals surface area (Å²) >= 11 is 0. The Hall–Kier alpha value is -4.86. The summed E-state index contributed by atoms with van der Waals surface area (Å²) in [6.45, 7) is 0.118. The number of carbonyl (C=O) groups excluding carboxylic acids is 4. The summed E-state index contributed by atoms with van der Waals surface area (Å²) in [7, 11) is 4.36. The molecule has 0 aromatic heterocycles. The maximum absolute atomic E-state index is 13.5. The first-order valence-electron chi connectivity index (χ1n) is 11.7. The first kappa shape index (κ1) is 26.2. The third-order valence-corrected chi connectivity index (χ3v) is 6.13. The normalized spacial score (nSPS) is 14.9. The van der Waals surface area contributed by atoms with Gasteiger partial charge in [0, 0.05) is 12.2 Å². The largest absolute Gasteiger partial charge is 0.497 e. The van der Waals surface area contributed by atoms with Crippen LogP contribution >= 0.6 is 0 Å². The van der Waals surface area contributed by atoms with E-state index in [1.807, 2.05) is 0 Å². The van der Waals surface area contributed by atoms with Crippen molar-refractivity contribution in [3.05, 3.63) is 83.9 Å². The number of imide groups is 1. The van der Waals surface area contributed by atoms with Gasteiger partial charge in [0.05, 0.1) is 39.0 Å². The Morgan fingerprint density at radius 1 is 0.816 bits per heavy atom. The van der Waals surface area contributed by atoms with Crippen molar-refractivity contribution in [2.24, 2.45) is 0 Å². The summed E-state index contributed by atoms with van der Waals surface area (Å²) < 4.78 is 15.1. The van der Waals surface area contributed by atoms with E-state index in [2.05, 4.69) is 10.1 Å². The Kier molecular flexibility index (Phi) is 7.91. The second-order valence-electron chi connectivity index (χ2n) is 8.47. The molecule has 0 aliphatic carbocycles. The van der Waals surface area contributed by atoms with Gasteiger partial charge in [-0.3, -0.25) is 9.59 Å². The van der Waals surface area contributed by atoms with E-state index in [1.54, 1.807) is 67.8 Å². The first-order valence-corrected chi connectivity index (χ1v) is 11.7. The van der Waals surface area contributed by atoms with Crippen molar-refractivity contribution in [3.8, 4) is 11.5 Å². The van der Waals surface area contributed by atoms with Crippen molar-refractivity contribution in [3.63, 3.8) is 0 Å². The molecule has 3 aromatic rings. The third kappa shape index (κ3) is 5.59. The molecule has 4 rings (SSSR count). The average Bonchev–Trinajstić information content (AvgIpc) is 3.17. The van der Waals surface area contributed by atoms with Gasteiger partial charge in [-0.25, -0.2) is 14.5 Å². The Balaban J connectivity index is 1.56. The zero-order valence-electron chi connectivity index (χ0n) is 21.2. The molecule has 196 valence electrons. The summed E-state index contributed by atoms with van der Waals surface area (Å²) in [5.41, 5.74) is 1.92. The Labute approximate surface area is 219 Å². The van der Waals surface area contributed by atoms with Gasteiger partial charge >= 0.3 is 12.0 Å². The lowest BCUT2D eigenvalue weighted by Crippen LogP contribution is -2.37. The van der Waals surface area contributed by atoms with Crippen LogP contribution in [0.3, 0.4) is 0 Å². The molecule has 0 unspecified atom stereocenters. The van der Waals surface area contributed by atoms with Crippen molar-refractivity contribution in [1.29, 1.82) is 0 Å². The van der Waals surface area contributed by atoms with E-state index in [9.17, 15) is 19.2 Å². The number of ether oxygens (including phenoxy) is 3. The summed E-state index contributed by atoms with van der Waals surface area (Å²) in [6, 6.07) is 18.3. The van der Waals surface area contributed by atoms with Crippen LogP contribution in [0.1, 0.15) is 22.3 Å². The quantitative estimate of drug-likeness (QED) is 0.339. The number of urea groups is 1. The van der Waals surface area contributed by atoms with E-state index in [0.717, 1.165) is 10.5 Å². The van der Waals surface area contributed by atoms with Gasteiger partial charge in [-0.1, -0.05) is 12.1 Å². The molecule has 1 fully saturated rings. The minimum atomic E-state index is -1.03. The highest BCUT2D eigenvalue weighted by Gasteiger charge is 2.46. The Morgan fingerprint density at radius 3 is 1.95 bits per heavy atom. The van der Waals surface area contributed by atoms with Gasteiger partial charge in [0.2, 0.25) is 5.91 Å². The fourth-order valence-electron chi connectivity index (χ4n) is 4.11. The Bertz CT molecular complexity index is 1320. The molecule has 38 heavy (non-hydrogen) atoms. The number of methoxy groups -OCH3 is 3. The molecule has 1 heterocycles. The van der Waals surface area contributed by atoms with Crippen LogP contribution in [0.15, 0.2) is 72.8 Å². The number of hydrogen-bond acceptors (Lipinski definition) is 7. The fraction of sp³-hybridized carbons (Fsp3) is 0.214. The van der Waals surface area contributed by atoms with Gasteiger partial charge in [0.25, 0.3) is 5.91 Å². The standard InChI is InChI=1S/C28H27N3O7/c1-36-22-12-4-18(5-13-22)17-30-24(16-25(32)29-20-8-6-19(7-9-20)27(34)38-3)26(33)31(28(30)35)21-10-14-23(37-2)15-11-21/h4-15,24H,16-17H2,1-3H3,(H,29,32)/t24-/m0/s1. The Morgan fingerprint density at radius 2 is 1.39 bits per heavy atom. The van der Waals surface area contributed by atoms with E-state index < -0.39 is 29.9 Å². The monoisotopic (exact) mass is 517 g/mol. The second kappa shape index (κ2) is 11.5. The van der Waals surface area contributed by atoms with Crippen molar-refractivity contribution >= 4 is 35.2 Å². The predicted molar refractivity (Wildman–Crippen MR) is 139 cm³/mol. The number of nitrogens with zero attached hydrogens (tertiary/aromatic N) is 2. The second-order valence-corrected chi connectivity index (χ2v) is 8.47. The van der Waals surface area contributed by atoms with E-state index in [0.29, 0.717) is 28.4 Å². The van der Waals surface area contributed by atoms with E-state index in [4.69, 9.17) is 9.47 Å². The van der Waals surface area contributed by atoms with Crippen molar-refractivity contribution in [1.82, 2.24) is 4.90 Å². The number of hydrogen-bond donors (Lipinski definition) is 1. The molecule has 1 N–H and O–H groups in total. The molecule has 0 spiro atoms. The molecule has 1 aliphatic rings. The zero-order chi connectivity index (χ0) is 27.2. The number of amides is 4. The van der Waals surface area contributed by atoms with Crippen LogP contribution in [0.4, 0.5) is 16.2 Å². The first-order chi connectivity index (χ1) is 18.3. The topological polar surface area (TPSA) is 114 Å². The lowest BCUT2D eigenvalue weighted by molar-refractivity contribution is -0.124. The van der Waals surface area contributed by atoms with Crippen LogP contribution in [0.5, 0.6) is 11.5 Å². The summed E-state index contributed by atoms with van der Waals surface area (Å²) in [4.78, 5) is 54.0. The van der Waals surface area contributed by atoms with Gasteiger partial charge in [-0.05, 0) is 66.2 Å². The summed E-state index contributed by atoms with van der Waals surface area (Å²) in [6.07, 6.45) is -0.258. The molecular formula is C28H27N3O7. The zero-order valence-corrected chi connectivity index (χ0v) is 21.2. The lowest BCUT2D eigenvalue weighted by Gasteiger charge is -2.22. The molecule has 4 amide bonds. The smallest absolute Gasteiger partial charge is 0.337 e. The molecule has 0 radical (unpaired) electrons. The maximum atomic E-state index is 13.5. The van der Waals surface area contributed by atoms with E-state index in [1.165, 1.54) is 31.3 Å². The molecule has 10 nitrogen and oxygen atoms in total. The molecule has 0 bridgehead atoms. The van der Waals surface area contributed by atoms with Gasteiger partial charge in [-0.2, -0.15) is 0 Å². The van der Waals surface area contributed by atoms with Crippen LogP contribution in [0.2, 0.25) is 0 Å². The third-order valence-electron chi connectivity index (χ3n) is 6.13. The molecule has 1 aliphatic heterocycles. The molecule has 0 saturated carbocycles. The van der Waals surface area contributed by atoms with Crippen LogP contribution in [-0.4, -0.2) is 56.1 Å². The van der Waals surface area contributed by atoms with E-state index >= 15 is 0 Å². The summed E-state index contributed by atoms with van der Waals surface area (Å²) in [5.74, 6) is -0.224. The lowest BCUT2D eigenvalue weighted by atomic mass is 10.1. The summed E-state index contributed by atoms with van der Waals surface area (Å²) in [5, 5.41) is 2.72. The van der Waals surface area contributed by atoms with Gasteiger partial charge < -0.3 is 24.4 Å². The number of esters is 1. The average molecular weight is 518 g/mol. The number of carbonyl (C=O) groups is 4. The van der Waals surface area contributed by atoms with Crippen LogP contribution in [0, 0.1) is 0 Å². The van der Waals surface area contributed by atoms with Gasteiger partial charge in [0.15, 0.2) is 0 Å². The number of nitrogens with one attached hydrogen (secondary N) is 1. The minimum Gasteiger partial charge on any atom is -0.497 e. The molecule has 3 aromatic carbocycles. The highest BCUT2D eigenvalue weighted by molar-refractivity contribution is 6.22. The van der Waals surface area contributed by atoms with Crippen molar-refractivity contribution in [2.45, 2.75) is 19.0 Å². The fourth-order valence-corrected chi connectivity index (χ4v) is 4.11. The molecular weight excluding hydrogens is 490 g/mol. The molecule has 1 atom stereocenters. The predicted octanol–water partition coefficient (Wildman–Crippen LogP) is 3.86. The SMILES string of the molecule is COC(=O)c1ccc(NC(=O)C[C@H]2C(=O)N(c3ccc(OC)cc3)C(=O)N2Cc2ccc(OC)cc2)cc1. The van der Waals surface area contributed by atoms with Crippen molar-refractivity contribution in [2.75, 3.05) is 31.5 Å². The minimum absolute atomic E-state index is 0.118. The number of anilines is 2.